The predicted molar refractivity (Wildman–Crippen MR) is 46.8 cm³/mol. The van der Waals surface area contributed by atoms with Crippen molar-refractivity contribution in [2.24, 2.45) is 0 Å². The number of hydrogen-bond acceptors (Lipinski definition) is 3. The molecule has 0 saturated carbocycles. The summed E-state index contributed by atoms with van der Waals surface area (Å²) in [6.07, 6.45) is 0. The summed E-state index contributed by atoms with van der Waals surface area (Å²) in [4.78, 5) is 17.0. The van der Waals surface area contributed by atoms with Crippen LogP contribution in [0.15, 0.2) is 29.1 Å². The standard InChI is InChI=1S/C8H7N3O/c9-7-5-3-1-2-4-6(5)10-8(12)11-7/h1-4H,(H3,9,10,11,12). The van der Waals surface area contributed by atoms with Crippen molar-refractivity contribution in [3.05, 3.63) is 34.7 Å². The monoisotopic (exact) mass is 161 g/mol. The third kappa shape index (κ3) is 0.934. The highest BCUT2D eigenvalue weighted by molar-refractivity contribution is 5.87. The van der Waals surface area contributed by atoms with Crippen molar-refractivity contribution in [1.29, 1.82) is 0 Å². The molecule has 0 fully saturated rings. The minimum Gasteiger partial charge on any atom is -0.383 e. The molecule has 1 aromatic heterocycles. The van der Waals surface area contributed by atoms with E-state index >= 15 is 0 Å². The zero-order valence-electron chi connectivity index (χ0n) is 6.24. The van der Waals surface area contributed by atoms with E-state index in [9.17, 15) is 4.79 Å². The van der Waals surface area contributed by atoms with Crippen LogP contribution < -0.4 is 11.4 Å². The summed E-state index contributed by atoms with van der Waals surface area (Å²) in [5.74, 6) is 0.273. The molecule has 1 heterocycles. The summed E-state index contributed by atoms with van der Waals surface area (Å²) in [5.41, 5.74) is 5.83. The molecule has 1 aromatic carbocycles. The molecule has 4 heteroatoms. The lowest BCUT2D eigenvalue weighted by atomic mass is 10.2. The van der Waals surface area contributed by atoms with Crippen molar-refractivity contribution in [3.63, 3.8) is 0 Å². The van der Waals surface area contributed by atoms with Crippen LogP contribution in [0.5, 0.6) is 0 Å². The van der Waals surface area contributed by atoms with Gasteiger partial charge in [0.25, 0.3) is 0 Å². The van der Waals surface area contributed by atoms with Crippen LogP contribution in [0.1, 0.15) is 0 Å². The van der Waals surface area contributed by atoms with Crippen LogP contribution in [0, 0.1) is 0 Å². The minimum atomic E-state index is -0.411. The number of H-pyrrole nitrogens is 1. The Bertz CT molecular complexity index is 475. The van der Waals surface area contributed by atoms with Crippen LogP contribution in [0.2, 0.25) is 0 Å². The summed E-state index contributed by atoms with van der Waals surface area (Å²) in [7, 11) is 0. The molecular formula is C8H7N3O. The van der Waals surface area contributed by atoms with Crippen LogP contribution in [0.3, 0.4) is 0 Å². The average molecular weight is 161 g/mol. The van der Waals surface area contributed by atoms with Gasteiger partial charge in [-0.15, -0.1) is 0 Å². The number of nitrogen functional groups attached to an aromatic ring is 1. The van der Waals surface area contributed by atoms with E-state index in [1.807, 2.05) is 18.2 Å². The van der Waals surface area contributed by atoms with Crippen molar-refractivity contribution in [3.8, 4) is 0 Å². The van der Waals surface area contributed by atoms with Gasteiger partial charge < -0.3 is 10.7 Å². The summed E-state index contributed by atoms with van der Waals surface area (Å²) in [5, 5.41) is 0.775. The first kappa shape index (κ1) is 6.84. The van der Waals surface area contributed by atoms with E-state index in [1.54, 1.807) is 6.07 Å². The molecular weight excluding hydrogens is 154 g/mol. The number of nitrogens with one attached hydrogen (secondary N) is 1. The third-order valence-electron chi connectivity index (χ3n) is 1.67. The van der Waals surface area contributed by atoms with E-state index in [0.29, 0.717) is 0 Å². The zero-order chi connectivity index (χ0) is 8.55. The Morgan fingerprint density at radius 3 is 2.92 bits per heavy atom. The van der Waals surface area contributed by atoms with Gasteiger partial charge >= 0.3 is 5.69 Å². The number of aromatic nitrogens is 2. The van der Waals surface area contributed by atoms with Crippen LogP contribution in [-0.4, -0.2) is 9.97 Å². The SMILES string of the molecule is Nc1nc(=O)[nH]c2ccccc12. The van der Waals surface area contributed by atoms with Crippen molar-refractivity contribution in [2.45, 2.75) is 0 Å². The molecule has 2 rings (SSSR count). The number of hydrogen-bond donors (Lipinski definition) is 2. The summed E-state index contributed by atoms with van der Waals surface area (Å²) in [6, 6.07) is 7.28. The molecule has 0 saturated heterocycles. The molecule has 0 atom stereocenters. The molecule has 0 aliphatic heterocycles. The lowest BCUT2D eigenvalue weighted by molar-refractivity contribution is 1.13. The van der Waals surface area contributed by atoms with Gasteiger partial charge in [-0.05, 0) is 12.1 Å². The number of fused-ring (bicyclic) bond motifs is 1. The smallest absolute Gasteiger partial charge is 0.347 e. The van der Waals surface area contributed by atoms with Gasteiger partial charge in [0.05, 0.1) is 5.52 Å². The third-order valence-corrected chi connectivity index (χ3v) is 1.67. The first-order valence-electron chi connectivity index (χ1n) is 3.52. The Morgan fingerprint density at radius 2 is 2.08 bits per heavy atom. The molecule has 0 amide bonds. The maximum absolute atomic E-state index is 10.9. The van der Waals surface area contributed by atoms with Crippen molar-refractivity contribution in [1.82, 2.24) is 9.97 Å². The second kappa shape index (κ2) is 2.34. The highest BCUT2D eigenvalue weighted by Gasteiger charge is 1.98. The van der Waals surface area contributed by atoms with E-state index < -0.39 is 5.69 Å². The van der Waals surface area contributed by atoms with Crippen LogP contribution in [-0.2, 0) is 0 Å². The maximum atomic E-state index is 10.9. The number of rotatable bonds is 0. The second-order valence-corrected chi connectivity index (χ2v) is 2.47. The molecule has 4 nitrogen and oxygen atoms in total. The molecule has 0 aliphatic rings. The Morgan fingerprint density at radius 1 is 1.33 bits per heavy atom. The molecule has 0 bridgehead atoms. The quantitative estimate of drug-likeness (QED) is 0.591. The van der Waals surface area contributed by atoms with Gasteiger partial charge in [0, 0.05) is 5.39 Å². The van der Waals surface area contributed by atoms with Crippen molar-refractivity contribution < 1.29 is 0 Å². The summed E-state index contributed by atoms with van der Waals surface area (Å²) < 4.78 is 0. The highest BCUT2D eigenvalue weighted by atomic mass is 16.1. The lowest BCUT2D eigenvalue weighted by Gasteiger charge is -1.97. The Hall–Kier alpha value is -1.84. The van der Waals surface area contributed by atoms with E-state index in [0.717, 1.165) is 10.9 Å². The van der Waals surface area contributed by atoms with E-state index in [4.69, 9.17) is 5.73 Å². The van der Waals surface area contributed by atoms with E-state index in [2.05, 4.69) is 9.97 Å². The van der Waals surface area contributed by atoms with E-state index in [-0.39, 0.29) is 5.82 Å². The van der Waals surface area contributed by atoms with Crippen LogP contribution >= 0.6 is 0 Å². The first-order valence-corrected chi connectivity index (χ1v) is 3.52. The van der Waals surface area contributed by atoms with Gasteiger partial charge in [0.2, 0.25) is 0 Å². The molecule has 0 aliphatic carbocycles. The van der Waals surface area contributed by atoms with Gasteiger partial charge in [0.1, 0.15) is 5.82 Å². The van der Waals surface area contributed by atoms with Gasteiger partial charge in [-0.3, -0.25) is 0 Å². The van der Waals surface area contributed by atoms with E-state index in [1.165, 1.54) is 0 Å². The van der Waals surface area contributed by atoms with Gasteiger partial charge in [-0.1, -0.05) is 12.1 Å². The van der Waals surface area contributed by atoms with Gasteiger partial charge in [0.15, 0.2) is 0 Å². The predicted octanol–water partition coefficient (Wildman–Crippen LogP) is 0.505. The first-order chi connectivity index (χ1) is 5.77. The van der Waals surface area contributed by atoms with Crippen LogP contribution in [0.4, 0.5) is 5.82 Å². The topological polar surface area (TPSA) is 71.8 Å². The normalized spacial score (nSPS) is 10.3. The molecule has 3 N–H and O–H groups in total. The number of nitrogens with two attached hydrogens (primary N) is 1. The van der Waals surface area contributed by atoms with Crippen LogP contribution in [0.25, 0.3) is 10.9 Å². The highest BCUT2D eigenvalue weighted by Crippen LogP contribution is 2.12. The fourth-order valence-electron chi connectivity index (χ4n) is 1.13. The summed E-state index contributed by atoms with van der Waals surface area (Å²) in [6.45, 7) is 0. The van der Waals surface area contributed by atoms with Crippen molar-refractivity contribution >= 4 is 16.7 Å². The fraction of sp³-hybridized carbons (Fsp3) is 0. The Balaban J connectivity index is 2.99. The average Bonchev–Trinajstić information content (AvgIpc) is 2.04. The number of benzene rings is 1. The number of aromatic amines is 1. The molecule has 2 aromatic rings. The lowest BCUT2D eigenvalue weighted by Crippen LogP contribution is -2.12. The second-order valence-electron chi connectivity index (χ2n) is 2.47. The fourth-order valence-corrected chi connectivity index (χ4v) is 1.13. The Labute approximate surface area is 68.1 Å². The molecule has 0 radical (unpaired) electrons. The number of anilines is 1. The molecule has 0 spiro atoms. The minimum absolute atomic E-state index is 0.273. The molecule has 0 unspecified atom stereocenters. The molecule has 12 heavy (non-hydrogen) atoms. The van der Waals surface area contributed by atoms with Gasteiger partial charge in [-0.2, -0.15) is 4.98 Å². The Kier molecular flexibility index (Phi) is 1.33. The number of nitrogens with zero attached hydrogens (tertiary/aromatic N) is 1. The molecule has 60 valence electrons. The zero-order valence-corrected chi connectivity index (χ0v) is 6.24. The summed E-state index contributed by atoms with van der Waals surface area (Å²) >= 11 is 0. The maximum Gasteiger partial charge on any atom is 0.347 e. The van der Waals surface area contributed by atoms with Crippen molar-refractivity contribution in [2.75, 3.05) is 5.73 Å². The van der Waals surface area contributed by atoms with Gasteiger partial charge in [-0.25, -0.2) is 4.79 Å². The number of para-hydroxylation sites is 1. The largest absolute Gasteiger partial charge is 0.383 e.